The van der Waals surface area contributed by atoms with Crippen LogP contribution in [0.1, 0.15) is 11.3 Å². The van der Waals surface area contributed by atoms with Crippen molar-refractivity contribution in [2.45, 2.75) is 6.54 Å². The average Bonchev–Trinajstić information content (AvgIpc) is 3.56. The smallest absolute Gasteiger partial charge is 0.263 e. The molecule has 0 bridgehead atoms. The number of carbonyl (C=O) groups is 1. The van der Waals surface area contributed by atoms with Gasteiger partial charge in [-0.3, -0.25) is 4.79 Å². The molecule has 37 heavy (non-hydrogen) atoms. The van der Waals surface area contributed by atoms with E-state index in [1.165, 1.54) is 0 Å². The molecule has 0 atom stereocenters. The summed E-state index contributed by atoms with van der Waals surface area (Å²) in [5.41, 5.74) is 3.66. The molecule has 0 saturated heterocycles. The summed E-state index contributed by atoms with van der Waals surface area (Å²) in [6.45, 7) is 0.0756. The SMILES string of the molecule is N#Cc1c(-c2ccccc2)c(-c2ccccc2)n(Cc2ccco2)c1NC(=O)COc1ccc(Cl)cc1. The number of nitriles is 1. The zero-order valence-corrected chi connectivity index (χ0v) is 20.5. The van der Waals surface area contributed by atoms with Crippen molar-refractivity contribution >= 4 is 23.3 Å². The highest BCUT2D eigenvalue weighted by Crippen LogP contribution is 2.42. The molecule has 0 aliphatic carbocycles. The molecule has 0 spiro atoms. The van der Waals surface area contributed by atoms with Crippen LogP contribution in [0.15, 0.2) is 108 Å². The number of amides is 1. The molecule has 6 nitrogen and oxygen atoms in total. The van der Waals surface area contributed by atoms with E-state index in [0.29, 0.717) is 34.5 Å². The minimum absolute atomic E-state index is 0.236. The minimum Gasteiger partial charge on any atom is -0.484 e. The van der Waals surface area contributed by atoms with E-state index in [0.717, 1.165) is 22.4 Å². The molecule has 0 radical (unpaired) electrons. The lowest BCUT2D eigenvalue weighted by atomic mass is 9.98. The predicted molar refractivity (Wildman–Crippen MR) is 143 cm³/mol. The van der Waals surface area contributed by atoms with Crippen LogP contribution in [0.2, 0.25) is 5.02 Å². The summed E-state index contributed by atoms with van der Waals surface area (Å²) in [6, 6.07) is 32.2. The standard InChI is InChI=1S/C30H22ClN3O3/c31-23-13-15-24(16-14-23)37-20-27(35)33-30-26(18-32)28(21-8-3-1-4-9-21)29(22-10-5-2-6-11-22)34(30)19-25-12-7-17-36-25/h1-17H,19-20H2,(H,33,35). The highest BCUT2D eigenvalue weighted by molar-refractivity contribution is 6.30. The van der Waals surface area contributed by atoms with Crippen LogP contribution in [0.3, 0.4) is 0 Å². The number of anilines is 1. The maximum absolute atomic E-state index is 13.1. The van der Waals surface area contributed by atoms with Gasteiger partial charge in [-0.05, 0) is 47.5 Å². The number of hydrogen-bond donors (Lipinski definition) is 1. The second-order valence-electron chi connectivity index (χ2n) is 8.25. The third-order valence-electron chi connectivity index (χ3n) is 5.82. The Morgan fingerprint density at radius 1 is 0.919 bits per heavy atom. The number of nitrogens with zero attached hydrogens (tertiary/aromatic N) is 2. The quantitative estimate of drug-likeness (QED) is 0.245. The van der Waals surface area contributed by atoms with E-state index in [1.54, 1.807) is 30.5 Å². The third kappa shape index (κ3) is 5.27. The Balaban J connectivity index is 1.61. The van der Waals surface area contributed by atoms with Gasteiger partial charge in [0.05, 0.1) is 18.5 Å². The van der Waals surface area contributed by atoms with Gasteiger partial charge in [0, 0.05) is 10.6 Å². The fraction of sp³-hybridized carbons (Fsp3) is 0.0667. The number of rotatable bonds is 8. The molecule has 0 aliphatic rings. The Morgan fingerprint density at radius 2 is 1.59 bits per heavy atom. The number of ether oxygens (including phenoxy) is 1. The maximum Gasteiger partial charge on any atom is 0.263 e. The van der Waals surface area contributed by atoms with Crippen molar-refractivity contribution in [1.82, 2.24) is 4.57 Å². The van der Waals surface area contributed by atoms with Crippen LogP contribution in [0.5, 0.6) is 5.75 Å². The van der Waals surface area contributed by atoms with Crippen LogP contribution in [-0.2, 0) is 11.3 Å². The van der Waals surface area contributed by atoms with Crippen molar-refractivity contribution in [3.63, 3.8) is 0 Å². The molecule has 7 heteroatoms. The van der Waals surface area contributed by atoms with Crippen molar-refractivity contribution in [2.75, 3.05) is 11.9 Å². The Hall–Kier alpha value is -4.73. The first kappa shape index (κ1) is 24.0. The first-order valence-corrected chi connectivity index (χ1v) is 12.0. The van der Waals surface area contributed by atoms with Crippen LogP contribution >= 0.6 is 11.6 Å². The lowest BCUT2D eigenvalue weighted by Crippen LogP contribution is -2.22. The molecule has 0 unspecified atom stereocenters. The van der Waals surface area contributed by atoms with Crippen molar-refractivity contribution in [2.24, 2.45) is 0 Å². The first-order valence-electron chi connectivity index (χ1n) is 11.6. The van der Waals surface area contributed by atoms with E-state index in [9.17, 15) is 10.1 Å². The largest absolute Gasteiger partial charge is 0.484 e. The fourth-order valence-electron chi connectivity index (χ4n) is 4.20. The summed E-state index contributed by atoms with van der Waals surface area (Å²) in [4.78, 5) is 13.1. The highest BCUT2D eigenvalue weighted by Gasteiger charge is 2.27. The van der Waals surface area contributed by atoms with Gasteiger partial charge in [0.25, 0.3) is 5.91 Å². The van der Waals surface area contributed by atoms with Gasteiger partial charge >= 0.3 is 0 Å². The molecule has 5 rings (SSSR count). The number of benzene rings is 3. The highest BCUT2D eigenvalue weighted by atomic mass is 35.5. The van der Waals surface area contributed by atoms with Crippen LogP contribution in [0.4, 0.5) is 5.82 Å². The molecule has 2 aromatic heterocycles. The van der Waals surface area contributed by atoms with Crippen molar-refractivity contribution in [3.8, 4) is 34.2 Å². The van der Waals surface area contributed by atoms with Crippen molar-refractivity contribution in [1.29, 1.82) is 5.26 Å². The molecule has 3 aromatic carbocycles. The summed E-state index contributed by atoms with van der Waals surface area (Å²) < 4.78 is 13.2. The van der Waals surface area contributed by atoms with Gasteiger partial charge in [0.1, 0.15) is 29.0 Å². The topological polar surface area (TPSA) is 80.2 Å². The number of nitrogens with one attached hydrogen (secondary N) is 1. The second-order valence-corrected chi connectivity index (χ2v) is 8.68. The summed E-state index contributed by atoms with van der Waals surface area (Å²) in [7, 11) is 0. The van der Waals surface area contributed by atoms with Gasteiger partial charge in [0.15, 0.2) is 6.61 Å². The molecular weight excluding hydrogens is 486 g/mol. The summed E-state index contributed by atoms with van der Waals surface area (Å²) in [6.07, 6.45) is 1.60. The van der Waals surface area contributed by atoms with E-state index in [2.05, 4.69) is 11.4 Å². The zero-order chi connectivity index (χ0) is 25.6. The van der Waals surface area contributed by atoms with Crippen LogP contribution in [0.25, 0.3) is 22.4 Å². The summed E-state index contributed by atoms with van der Waals surface area (Å²) >= 11 is 5.93. The number of aromatic nitrogens is 1. The van der Waals surface area contributed by atoms with Gasteiger partial charge in [-0.15, -0.1) is 0 Å². The molecule has 0 fully saturated rings. The van der Waals surface area contributed by atoms with Crippen LogP contribution < -0.4 is 10.1 Å². The lowest BCUT2D eigenvalue weighted by molar-refractivity contribution is -0.118. The Bertz CT molecular complexity index is 1540. The number of furan rings is 1. The van der Waals surface area contributed by atoms with Gasteiger partial charge in [-0.1, -0.05) is 72.3 Å². The molecule has 1 amide bonds. The maximum atomic E-state index is 13.1. The van der Waals surface area contributed by atoms with Crippen molar-refractivity contribution in [3.05, 3.63) is 120 Å². The Morgan fingerprint density at radius 3 is 2.22 bits per heavy atom. The molecule has 1 N–H and O–H groups in total. The zero-order valence-electron chi connectivity index (χ0n) is 19.7. The monoisotopic (exact) mass is 507 g/mol. The molecule has 0 saturated carbocycles. The van der Waals surface area contributed by atoms with E-state index in [1.807, 2.05) is 77.4 Å². The Labute approximate surface area is 219 Å². The van der Waals surface area contributed by atoms with Gasteiger partial charge in [-0.2, -0.15) is 5.26 Å². The van der Waals surface area contributed by atoms with E-state index >= 15 is 0 Å². The normalized spacial score (nSPS) is 10.6. The second kappa shape index (κ2) is 10.9. The summed E-state index contributed by atoms with van der Waals surface area (Å²) in [5.74, 6) is 1.18. The van der Waals surface area contributed by atoms with E-state index in [4.69, 9.17) is 20.8 Å². The van der Waals surface area contributed by atoms with E-state index in [-0.39, 0.29) is 6.61 Å². The first-order chi connectivity index (χ1) is 18.1. The van der Waals surface area contributed by atoms with Gasteiger partial charge in [-0.25, -0.2) is 0 Å². The third-order valence-corrected chi connectivity index (χ3v) is 6.07. The van der Waals surface area contributed by atoms with Crippen LogP contribution in [-0.4, -0.2) is 17.1 Å². The number of carbonyl (C=O) groups excluding carboxylic acids is 1. The minimum atomic E-state index is -0.399. The Kier molecular flexibility index (Phi) is 7.07. The van der Waals surface area contributed by atoms with Crippen molar-refractivity contribution < 1.29 is 13.9 Å². The fourth-order valence-corrected chi connectivity index (χ4v) is 4.33. The summed E-state index contributed by atoms with van der Waals surface area (Å²) in [5, 5.41) is 13.8. The number of hydrogen-bond acceptors (Lipinski definition) is 4. The van der Waals surface area contributed by atoms with Gasteiger partial charge < -0.3 is 19.0 Å². The van der Waals surface area contributed by atoms with E-state index < -0.39 is 5.91 Å². The van der Waals surface area contributed by atoms with Gasteiger partial charge in [0.2, 0.25) is 0 Å². The predicted octanol–water partition coefficient (Wildman–Crippen LogP) is 7.01. The van der Waals surface area contributed by atoms with Crippen LogP contribution in [0, 0.1) is 11.3 Å². The molecule has 2 heterocycles. The molecule has 5 aromatic rings. The molecule has 0 aliphatic heterocycles. The number of halogens is 1. The lowest BCUT2D eigenvalue weighted by Gasteiger charge is -2.14. The molecular formula is C30H22ClN3O3. The molecule has 182 valence electrons. The average molecular weight is 508 g/mol.